The zero-order valence-corrected chi connectivity index (χ0v) is 9.79. The monoisotopic (exact) mass is 255 g/mol. The highest BCUT2D eigenvalue weighted by Gasteiger charge is 2.09. The van der Waals surface area contributed by atoms with E-state index in [1.165, 1.54) is 11.8 Å². The Labute approximate surface area is 99.7 Å². The lowest BCUT2D eigenvalue weighted by Crippen LogP contribution is -2.09. The van der Waals surface area contributed by atoms with Gasteiger partial charge in [0.1, 0.15) is 0 Å². The van der Waals surface area contributed by atoms with Gasteiger partial charge in [-0.1, -0.05) is 23.0 Å². The van der Waals surface area contributed by atoms with E-state index < -0.39 is 0 Å². The first-order valence-corrected chi connectivity index (χ1v) is 6.18. The highest BCUT2D eigenvalue weighted by molar-refractivity contribution is 8.13. The van der Waals surface area contributed by atoms with Crippen molar-refractivity contribution < 1.29 is 4.52 Å². The number of hydrazone groups is 1. The lowest BCUT2D eigenvalue weighted by atomic mass is 10.5. The highest BCUT2D eigenvalue weighted by atomic mass is 32.2. The van der Waals surface area contributed by atoms with Crippen molar-refractivity contribution >= 4 is 28.3 Å². The largest absolute Gasteiger partial charge is 0.377 e. The minimum absolute atomic E-state index is 0.294. The molecule has 0 saturated heterocycles. The first kappa shape index (κ1) is 11.0. The molecule has 84 valence electrons. The molecular weight excluding hydrogens is 246 g/mol. The van der Waals surface area contributed by atoms with E-state index in [1.807, 2.05) is 17.5 Å². The summed E-state index contributed by atoms with van der Waals surface area (Å²) in [7, 11) is 0. The molecule has 0 fully saturated rings. The molecule has 2 heterocycles. The Morgan fingerprint density at radius 1 is 1.62 bits per heavy atom. The highest BCUT2D eigenvalue weighted by Crippen LogP contribution is 2.23. The van der Waals surface area contributed by atoms with Gasteiger partial charge in [-0.25, -0.2) is 0 Å². The second-order valence-electron chi connectivity index (χ2n) is 2.75. The lowest BCUT2D eigenvalue weighted by Gasteiger charge is -1.92. The molecule has 0 unspecified atom stereocenters. The fraction of sp³-hybridized carbons (Fsp3) is 0.125. The van der Waals surface area contributed by atoms with E-state index in [1.54, 1.807) is 11.3 Å². The van der Waals surface area contributed by atoms with Crippen molar-refractivity contribution in [3.8, 4) is 10.8 Å². The SMILES string of the molecule is NN=C(N)SCc1noc(-c2cccs2)n1. The summed E-state index contributed by atoms with van der Waals surface area (Å²) in [6.07, 6.45) is 0. The number of nitrogens with two attached hydrogens (primary N) is 2. The predicted octanol–water partition coefficient (Wildman–Crippen LogP) is 1.22. The van der Waals surface area contributed by atoms with Crippen LogP contribution in [0.5, 0.6) is 0 Å². The summed E-state index contributed by atoms with van der Waals surface area (Å²) < 4.78 is 5.10. The molecule has 8 heteroatoms. The Morgan fingerprint density at radius 3 is 3.19 bits per heavy atom. The van der Waals surface area contributed by atoms with Crippen LogP contribution in [0.1, 0.15) is 5.82 Å². The molecule has 0 aromatic carbocycles. The van der Waals surface area contributed by atoms with E-state index in [-0.39, 0.29) is 0 Å². The van der Waals surface area contributed by atoms with Gasteiger partial charge >= 0.3 is 0 Å². The molecule has 16 heavy (non-hydrogen) atoms. The van der Waals surface area contributed by atoms with Crippen LogP contribution < -0.4 is 11.6 Å². The fourth-order valence-electron chi connectivity index (χ4n) is 0.989. The molecule has 2 aromatic rings. The minimum Gasteiger partial charge on any atom is -0.377 e. The number of hydrogen-bond acceptors (Lipinski definition) is 7. The Morgan fingerprint density at radius 2 is 2.50 bits per heavy atom. The summed E-state index contributed by atoms with van der Waals surface area (Å²) in [5.74, 6) is 6.58. The number of aromatic nitrogens is 2. The van der Waals surface area contributed by atoms with Gasteiger partial charge in [0, 0.05) is 0 Å². The van der Waals surface area contributed by atoms with Crippen molar-refractivity contribution in [1.29, 1.82) is 0 Å². The molecule has 2 aromatic heterocycles. The van der Waals surface area contributed by atoms with Crippen molar-refractivity contribution in [3.63, 3.8) is 0 Å². The third-order valence-electron chi connectivity index (χ3n) is 1.68. The van der Waals surface area contributed by atoms with Crippen molar-refractivity contribution in [3.05, 3.63) is 23.3 Å². The summed E-state index contributed by atoms with van der Waals surface area (Å²) in [6, 6.07) is 3.85. The average molecular weight is 255 g/mol. The van der Waals surface area contributed by atoms with Crippen LogP contribution in [-0.4, -0.2) is 15.3 Å². The van der Waals surface area contributed by atoms with Gasteiger partial charge in [0.05, 0.1) is 10.6 Å². The molecule has 0 bridgehead atoms. The number of amidine groups is 1. The first-order valence-electron chi connectivity index (χ1n) is 4.32. The fourth-order valence-corrected chi connectivity index (χ4v) is 2.10. The van der Waals surface area contributed by atoms with Gasteiger partial charge in [-0.05, 0) is 11.4 Å². The van der Waals surface area contributed by atoms with Crippen LogP contribution in [0.2, 0.25) is 0 Å². The quantitative estimate of drug-likeness (QED) is 0.370. The molecule has 4 N–H and O–H groups in total. The Kier molecular flexibility index (Phi) is 3.42. The average Bonchev–Trinajstić information content (AvgIpc) is 2.95. The van der Waals surface area contributed by atoms with Crippen molar-refractivity contribution in [1.82, 2.24) is 10.1 Å². The lowest BCUT2D eigenvalue weighted by molar-refractivity contribution is 0.426. The maximum atomic E-state index is 5.43. The molecule has 0 saturated carbocycles. The van der Waals surface area contributed by atoms with Crippen molar-refractivity contribution in [2.24, 2.45) is 16.7 Å². The summed E-state index contributed by atoms with van der Waals surface area (Å²) in [5, 5.41) is 9.41. The summed E-state index contributed by atoms with van der Waals surface area (Å²) >= 11 is 2.81. The summed E-state index contributed by atoms with van der Waals surface area (Å²) in [6.45, 7) is 0. The van der Waals surface area contributed by atoms with Crippen molar-refractivity contribution in [2.45, 2.75) is 5.75 Å². The zero-order valence-electron chi connectivity index (χ0n) is 8.16. The number of thiophene rings is 1. The minimum atomic E-state index is 0.294. The van der Waals surface area contributed by atoms with Gasteiger partial charge in [0.2, 0.25) is 0 Å². The molecule has 0 atom stereocenters. The molecule has 0 spiro atoms. The molecule has 6 nitrogen and oxygen atoms in total. The smallest absolute Gasteiger partial charge is 0.268 e. The van der Waals surface area contributed by atoms with E-state index >= 15 is 0 Å². The predicted molar refractivity (Wildman–Crippen MR) is 64.7 cm³/mol. The molecular formula is C8H9N5OS2. The standard InChI is InChI=1S/C8H9N5OS2/c9-8(12-10)16-4-6-11-7(14-13-6)5-2-1-3-15-5/h1-3H,4,10H2,(H2,9,12). The second-order valence-corrected chi connectivity index (χ2v) is 4.69. The molecule has 0 radical (unpaired) electrons. The number of thioether (sulfide) groups is 1. The molecule has 0 aliphatic heterocycles. The van der Waals surface area contributed by atoms with E-state index in [0.29, 0.717) is 22.6 Å². The zero-order chi connectivity index (χ0) is 11.4. The third-order valence-corrected chi connectivity index (χ3v) is 3.34. The number of hydrogen-bond donors (Lipinski definition) is 2. The third kappa shape index (κ3) is 2.52. The second kappa shape index (κ2) is 4.99. The normalized spacial score (nSPS) is 11.9. The molecule has 0 amide bonds. The maximum Gasteiger partial charge on any atom is 0.268 e. The van der Waals surface area contributed by atoms with E-state index in [4.69, 9.17) is 16.1 Å². The van der Waals surface area contributed by atoms with Gasteiger partial charge in [-0.3, -0.25) is 0 Å². The van der Waals surface area contributed by atoms with Crippen LogP contribution in [0, 0.1) is 0 Å². The number of nitrogens with zero attached hydrogens (tertiary/aromatic N) is 3. The number of rotatable bonds is 3. The van der Waals surface area contributed by atoms with Crippen LogP contribution in [0.25, 0.3) is 10.8 Å². The van der Waals surface area contributed by atoms with E-state index in [2.05, 4.69) is 15.2 Å². The molecule has 0 aliphatic carbocycles. The molecule has 2 rings (SSSR count). The van der Waals surface area contributed by atoms with Crippen LogP contribution in [0.4, 0.5) is 0 Å². The van der Waals surface area contributed by atoms with Crippen LogP contribution in [-0.2, 0) is 5.75 Å². The Hall–Kier alpha value is -1.54. The maximum absolute atomic E-state index is 5.43. The van der Waals surface area contributed by atoms with Crippen LogP contribution >= 0.6 is 23.1 Å². The van der Waals surface area contributed by atoms with Gasteiger partial charge in [-0.2, -0.15) is 10.1 Å². The molecule has 0 aliphatic rings. The Balaban J connectivity index is 2.03. The van der Waals surface area contributed by atoms with Crippen LogP contribution in [0.3, 0.4) is 0 Å². The van der Waals surface area contributed by atoms with Gasteiger partial charge in [0.15, 0.2) is 11.0 Å². The van der Waals surface area contributed by atoms with Gasteiger partial charge < -0.3 is 16.1 Å². The summed E-state index contributed by atoms with van der Waals surface area (Å²) in [5.41, 5.74) is 5.43. The van der Waals surface area contributed by atoms with Crippen LogP contribution in [0.15, 0.2) is 27.1 Å². The van der Waals surface area contributed by atoms with E-state index in [0.717, 1.165) is 4.88 Å². The van der Waals surface area contributed by atoms with E-state index in [9.17, 15) is 0 Å². The Bertz CT molecular complexity index is 478. The topological polar surface area (TPSA) is 103 Å². The first-order chi connectivity index (χ1) is 7.79. The van der Waals surface area contributed by atoms with Crippen molar-refractivity contribution in [2.75, 3.05) is 0 Å². The van der Waals surface area contributed by atoms with Gasteiger partial charge in [-0.15, -0.1) is 11.3 Å². The summed E-state index contributed by atoms with van der Waals surface area (Å²) in [4.78, 5) is 5.17. The van der Waals surface area contributed by atoms with Gasteiger partial charge in [0.25, 0.3) is 5.89 Å².